The molecule has 2 rings (SSSR count). The van der Waals surface area contributed by atoms with Gasteiger partial charge in [0.05, 0.1) is 7.11 Å². The van der Waals surface area contributed by atoms with Gasteiger partial charge in [-0.15, -0.1) is 0 Å². The molecule has 1 aromatic rings. The molecule has 1 atom stereocenters. The highest BCUT2D eigenvalue weighted by atomic mass is 16.5. The highest BCUT2D eigenvalue weighted by molar-refractivity contribution is 5.96. The number of benzene rings is 1. The number of Topliss-reactive ketones (excluding diaryl/α,β-unsaturated/α-hetero) is 1. The lowest BCUT2D eigenvalue weighted by atomic mass is 10.0. The Kier molecular flexibility index (Phi) is 5.73. The molecule has 23 heavy (non-hydrogen) atoms. The predicted molar refractivity (Wildman–Crippen MR) is 85.1 cm³/mol. The maximum Gasteiger partial charge on any atom is 0.240 e. The second-order valence-corrected chi connectivity index (χ2v) is 5.65. The molecule has 0 spiro atoms. The summed E-state index contributed by atoms with van der Waals surface area (Å²) in [5.74, 6) is 0.135. The number of hydrogen-bond donors (Lipinski definition) is 1. The van der Waals surface area contributed by atoms with Crippen molar-refractivity contribution in [3.63, 3.8) is 0 Å². The highest BCUT2D eigenvalue weighted by Gasteiger charge is 2.32. The molecule has 2 amide bonds. The largest absolute Gasteiger partial charge is 0.497 e. The van der Waals surface area contributed by atoms with E-state index >= 15 is 0 Å². The molecule has 0 aliphatic carbocycles. The Balaban J connectivity index is 1.80. The van der Waals surface area contributed by atoms with Crippen molar-refractivity contribution in [3.05, 3.63) is 29.8 Å². The summed E-state index contributed by atoms with van der Waals surface area (Å²) >= 11 is 0. The zero-order chi connectivity index (χ0) is 16.8. The van der Waals surface area contributed by atoms with E-state index in [0.717, 1.165) is 6.42 Å². The minimum Gasteiger partial charge on any atom is -0.497 e. The number of primary amides is 1. The van der Waals surface area contributed by atoms with E-state index in [1.54, 1.807) is 36.3 Å². The maximum atomic E-state index is 12.2. The van der Waals surface area contributed by atoms with Crippen molar-refractivity contribution in [1.29, 1.82) is 0 Å². The summed E-state index contributed by atoms with van der Waals surface area (Å²) < 4.78 is 5.05. The van der Waals surface area contributed by atoms with Gasteiger partial charge >= 0.3 is 0 Å². The fourth-order valence-corrected chi connectivity index (χ4v) is 2.83. The Morgan fingerprint density at radius 2 is 1.91 bits per heavy atom. The van der Waals surface area contributed by atoms with Gasteiger partial charge in [0.15, 0.2) is 5.78 Å². The normalized spacial score (nSPS) is 17.1. The number of rotatable bonds is 7. The first-order valence-electron chi connectivity index (χ1n) is 7.79. The first-order chi connectivity index (χ1) is 11.0. The van der Waals surface area contributed by atoms with Gasteiger partial charge < -0.3 is 15.4 Å². The third-order valence-electron chi connectivity index (χ3n) is 4.11. The average molecular weight is 318 g/mol. The Morgan fingerprint density at radius 3 is 2.52 bits per heavy atom. The highest BCUT2D eigenvalue weighted by Crippen LogP contribution is 2.19. The molecule has 1 saturated heterocycles. The quantitative estimate of drug-likeness (QED) is 0.772. The standard InChI is InChI=1S/C17H22N2O4/c1-23-13-9-7-12(8-10-13)15(20)5-2-6-16(21)19-11-3-4-14(19)17(18)22/h7-10,14H,2-6,11H2,1H3,(H2,18,22)/t14-/m0/s1. The van der Waals surface area contributed by atoms with E-state index in [0.29, 0.717) is 37.1 Å². The maximum absolute atomic E-state index is 12.2. The van der Waals surface area contributed by atoms with Gasteiger partial charge in [-0.05, 0) is 43.5 Å². The van der Waals surface area contributed by atoms with Crippen LogP contribution in [-0.4, -0.2) is 42.2 Å². The van der Waals surface area contributed by atoms with Crippen LogP contribution in [0.4, 0.5) is 0 Å². The van der Waals surface area contributed by atoms with Crippen LogP contribution in [0.3, 0.4) is 0 Å². The molecule has 6 nitrogen and oxygen atoms in total. The van der Waals surface area contributed by atoms with E-state index in [1.807, 2.05) is 0 Å². The molecular formula is C17H22N2O4. The summed E-state index contributed by atoms with van der Waals surface area (Å²) in [6, 6.07) is 6.42. The fraction of sp³-hybridized carbons (Fsp3) is 0.471. The van der Waals surface area contributed by atoms with Gasteiger partial charge in [-0.3, -0.25) is 14.4 Å². The average Bonchev–Trinajstić information content (AvgIpc) is 3.04. The first kappa shape index (κ1) is 17.0. The smallest absolute Gasteiger partial charge is 0.240 e. The molecule has 1 aliphatic heterocycles. The van der Waals surface area contributed by atoms with Gasteiger partial charge in [-0.1, -0.05) is 0 Å². The van der Waals surface area contributed by atoms with Gasteiger partial charge in [0, 0.05) is 24.9 Å². The summed E-state index contributed by atoms with van der Waals surface area (Å²) in [5.41, 5.74) is 5.91. The van der Waals surface area contributed by atoms with Crippen LogP contribution in [0.25, 0.3) is 0 Å². The number of nitrogens with two attached hydrogens (primary N) is 1. The van der Waals surface area contributed by atoms with Crippen molar-refractivity contribution in [2.45, 2.75) is 38.1 Å². The SMILES string of the molecule is COc1ccc(C(=O)CCCC(=O)N2CCC[C@H]2C(N)=O)cc1. The lowest BCUT2D eigenvalue weighted by molar-refractivity contribution is -0.137. The molecular weight excluding hydrogens is 296 g/mol. The van der Waals surface area contributed by atoms with Crippen molar-refractivity contribution in [3.8, 4) is 5.75 Å². The van der Waals surface area contributed by atoms with Crippen LogP contribution in [0.1, 0.15) is 42.5 Å². The van der Waals surface area contributed by atoms with Crippen LogP contribution in [0.2, 0.25) is 0 Å². The number of likely N-dealkylation sites (tertiary alicyclic amines) is 1. The monoisotopic (exact) mass is 318 g/mol. The van der Waals surface area contributed by atoms with Crippen LogP contribution in [-0.2, 0) is 9.59 Å². The Labute approximate surface area is 135 Å². The van der Waals surface area contributed by atoms with E-state index < -0.39 is 11.9 Å². The lowest BCUT2D eigenvalue weighted by Gasteiger charge is -2.22. The molecule has 1 aliphatic rings. The van der Waals surface area contributed by atoms with E-state index in [1.165, 1.54) is 0 Å². The van der Waals surface area contributed by atoms with Crippen molar-refractivity contribution < 1.29 is 19.1 Å². The van der Waals surface area contributed by atoms with Crippen LogP contribution < -0.4 is 10.5 Å². The molecule has 0 aromatic heterocycles. The van der Waals surface area contributed by atoms with Crippen LogP contribution in [0.5, 0.6) is 5.75 Å². The van der Waals surface area contributed by atoms with Crippen molar-refractivity contribution in [2.24, 2.45) is 5.73 Å². The Hall–Kier alpha value is -2.37. The summed E-state index contributed by atoms with van der Waals surface area (Å²) in [5, 5.41) is 0. The molecule has 1 heterocycles. The number of ether oxygens (including phenoxy) is 1. The third-order valence-corrected chi connectivity index (χ3v) is 4.11. The van der Waals surface area contributed by atoms with Crippen LogP contribution in [0, 0.1) is 0 Å². The topological polar surface area (TPSA) is 89.7 Å². The predicted octanol–water partition coefficient (Wildman–Crippen LogP) is 1.52. The summed E-state index contributed by atoms with van der Waals surface area (Å²) in [7, 11) is 1.57. The zero-order valence-corrected chi connectivity index (χ0v) is 13.3. The van der Waals surface area contributed by atoms with Gasteiger partial charge in [0.25, 0.3) is 0 Å². The number of methoxy groups -OCH3 is 1. The molecule has 1 fully saturated rings. The van der Waals surface area contributed by atoms with E-state index in [-0.39, 0.29) is 18.1 Å². The Morgan fingerprint density at radius 1 is 1.22 bits per heavy atom. The molecule has 0 radical (unpaired) electrons. The molecule has 0 saturated carbocycles. The molecule has 124 valence electrons. The number of amides is 2. The first-order valence-corrected chi connectivity index (χ1v) is 7.79. The number of nitrogens with zero attached hydrogens (tertiary/aromatic N) is 1. The number of carbonyl (C=O) groups excluding carboxylic acids is 3. The van der Waals surface area contributed by atoms with E-state index in [9.17, 15) is 14.4 Å². The fourth-order valence-electron chi connectivity index (χ4n) is 2.83. The van der Waals surface area contributed by atoms with Gasteiger partial charge in [-0.25, -0.2) is 0 Å². The van der Waals surface area contributed by atoms with Crippen LogP contribution in [0.15, 0.2) is 24.3 Å². The van der Waals surface area contributed by atoms with Gasteiger partial charge in [0.1, 0.15) is 11.8 Å². The van der Waals surface area contributed by atoms with Gasteiger partial charge in [0.2, 0.25) is 11.8 Å². The minimum atomic E-state index is -0.486. The van der Waals surface area contributed by atoms with E-state index in [2.05, 4.69) is 0 Å². The summed E-state index contributed by atoms with van der Waals surface area (Å²) in [6.07, 6.45) is 2.44. The van der Waals surface area contributed by atoms with Crippen molar-refractivity contribution in [1.82, 2.24) is 4.90 Å². The second-order valence-electron chi connectivity index (χ2n) is 5.65. The van der Waals surface area contributed by atoms with Crippen molar-refractivity contribution >= 4 is 17.6 Å². The van der Waals surface area contributed by atoms with E-state index in [4.69, 9.17) is 10.5 Å². The number of hydrogen-bond acceptors (Lipinski definition) is 4. The minimum absolute atomic E-state index is 0.00618. The van der Waals surface area contributed by atoms with Crippen molar-refractivity contribution in [2.75, 3.05) is 13.7 Å². The van der Waals surface area contributed by atoms with Gasteiger partial charge in [-0.2, -0.15) is 0 Å². The van der Waals surface area contributed by atoms with Crippen LogP contribution >= 0.6 is 0 Å². The lowest BCUT2D eigenvalue weighted by Crippen LogP contribution is -2.43. The number of carbonyl (C=O) groups is 3. The molecule has 1 aromatic carbocycles. The molecule has 0 bridgehead atoms. The number of ketones is 1. The summed E-state index contributed by atoms with van der Waals surface area (Å²) in [4.78, 5) is 37.1. The Bertz CT molecular complexity index is 583. The summed E-state index contributed by atoms with van der Waals surface area (Å²) in [6.45, 7) is 0.568. The molecule has 2 N–H and O–H groups in total. The third kappa shape index (κ3) is 4.31. The molecule has 0 unspecified atom stereocenters. The molecule has 6 heteroatoms. The zero-order valence-electron chi connectivity index (χ0n) is 13.3. The second kappa shape index (κ2) is 7.76.